The molecule has 8 heteroatoms. The highest BCUT2D eigenvalue weighted by Crippen LogP contribution is 2.54. The van der Waals surface area contributed by atoms with E-state index in [9.17, 15) is 28.9 Å². The maximum Gasteiger partial charge on any atom is 0.531 e. The van der Waals surface area contributed by atoms with Crippen LogP contribution in [0.3, 0.4) is 0 Å². The summed E-state index contributed by atoms with van der Waals surface area (Å²) in [5, 5.41) is 19.4. The van der Waals surface area contributed by atoms with E-state index in [4.69, 9.17) is 4.98 Å². The molecule has 0 saturated carbocycles. The highest BCUT2D eigenvalue weighted by atomic mass is 31.1. The molecule has 6 nitrogen and oxygen atoms in total. The zero-order valence-electron chi connectivity index (χ0n) is 20.0. The number of hydrogen-bond donors (Lipinski definition) is 3. The Kier molecular flexibility index (Phi) is 7.37. The Labute approximate surface area is 204 Å². The topological polar surface area (TPSA) is 108 Å². The first kappa shape index (κ1) is 26.4. The molecule has 3 aromatic rings. The molecule has 35 heavy (non-hydrogen) atoms. The molecule has 3 N–H and O–H groups in total. The number of carbonyl (C=O) groups is 1. The van der Waals surface area contributed by atoms with Crippen LogP contribution >= 0.6 is 8.03 Å². The SMILES string of the molecule is C=CC(C(=O)O)([P+](=O)O)C(C)(O)c1c(C(C)C)nc(-c2ccccc2)c(C)c1-c1ccc(F)cc1. The predicted molar refractivity (Wildman–Crippen MR) is 134 cm³/mol. The minimum absolute atomic E-state index is 0.0796. The van der Waals surface area contributed by atoms with Gasteiger partial charge in [-0.05, 0) is 59.2 Å². The maximum absolute atomic E-state index is 13.8. The van der Waals surface area contributed by atoms with Crippen molar-refractivity contribution in [3.63, 3.8) is 0 Å². The fraction of sp³-hybridized carbons (Fsp3) is 0.259. The highest BCUT2D eigenvalue weighted by molar-refractivity contribution is 7.42. The first-order chi connectivity index (χ1) is 16.4. The van der Waals surface area contributed by atoms with Gasteiger partial charge >= 0.3 is 19.2 Å². The van der Waals surface area contributed by atoms with E-state index >= 15 is 0 Å². The quantitative estimate of drug-likeness (QED) is 0.263. The maximum atomic E-state index is 13.8. The van der Waals surface area contributed by atoms with Crippen LogP contribution in [0, 0.1) is 12.7 Å². The van der Waals surface area contributed by atoms with Crippen molar-refractivity contribution in [3.05, 3.63) is 89.9 Å². The van der Waals surface area contributed by atoms with Gasteiger partial charge in [0.25, 0.3) is 0 Å². The third-order valence-electron chi connectivity index (χ3n) is 6.35. The molecular formula is C27H28FNO5P+. The largest absolute Gasteiger partial charge is 0.531 e. The molecule has 0 aliphatic heterocycles. The number of hydrogen-bond acceptors (Lipinski definition) is 4. The Morgan fingerprint density at radius 1 is 1.11 bits per heavy atom. The van der Waals surface area contributed by atoms with Gasteiger partial charge < -0.3 is 10.2 Å². The van der Waals surface area contributed by atoms with Crippen LogP contribution in [0.15, 0.2) is 67.3 Å². The molecule has 0 aliphatic rings. The van der Waals surface area contributed by atoms with E-state index in [0.717, 1.165) is 11.6 Å². The summed E-state index contributed by atoms with van der Waals surface area (Å²) in [5.74, 6) is -2.48. The van der Waals surface area contributed by atoms with E-state index in [2.05, 4.69) is 6.58 Å². The van der Waals surface area contributed by atoms with E-state index in [0.29, 0.717) is 28.1 Å². The normalized spacial score (nSPS) is 15.3. The molecule has 182 valence electrons. The Bertz CT molecular complexity index is 1270. The monoisotopic (exact) mass is 496 g/mol. The summed E-state index contributed by atoms with van der Waals surface area (Å²) in [7, 11) is -3.48. The van der Waals surface area contributed by atoms with E-state index in [1.807, 2.05) is 44.2 Å². The number of carboxylic acid groups (broad SMARTS) is 1. The molecule has 0 fully saturated rings. The minimum Gasteiger partial charge on any atom is -0.477 e. The molecule has 3 atom stereocenters. The Morgan fingerprint density at radius 3 is 2.14 bits per heavy atom. The van der Waals surface area contributed by atoms with Gasteiger partial charge in [0, 0.05) is 11.1 Å². The Morgan fingerprint density at radius 2 is 1.69 bits per heavy atom. The van der Waals surface area contributed by atoms with E-state index in [1.54, 1.807) is 6.92 Å². The molecule has 0 bridgehead atoms. The summed E-state index contributed by atoms with van der Waals surface area (Å²) < 4.78 is 26.3. The van der Waals surface area contributed by atoms with Crippen LogP contribution in [0.2, 0.25) is 0 Å². The number of pyridine rings is 1. The fourth-order valence-corrected chi connectivity index (χ4v) is 5.29. The lowest BCUT2D eigenvalue weighted by atomic mass is 9.74. The summed E-state index contributed by atoms with van der Waals surface area (Å²) >= 11 is 0. The molecule has 2 aromatic carbocycles. The van der Waals surface area contributed by atoms with E-state index in [1.165, 1.54) is 31.2 Å². The summed E-state index contributed by atoms with van der Waals surface area (Å²) in [4.78, 5) is 27.4. The van der Waals surface area contributed by atoms with Gasteiger partial charge in [0.15, 0.2) is 5.60 Å². The second-order valence-electron chi connectivity index (χ2n) is 8.87. The van der Waals surface area contributed by atoms with Crippen molar-refractivity contribution in [2.75, 3.05) is 0 Å². The third kappa shape index (κ3) is 4.31. The van der Waals surface area contributed by atoms with Gasteiger partial charge in [0.2, 0.25) is 0 Å². The lowest BCUT2D eigenvalue weighted by Crippen LogP contribution is -2.52. The van der Waals surface area contributed by atoms with Gasteiger partial charge in [-0.3, -0.25) is 4.98 Å². The van der Waals surface area contributed by atoms with Crippen LogP contribution in [0.1, 0.15) is 43.5 Å². The van der Waals surface area contributed by atoms with Gasteiger partial charge in [-0.2, -0.15) is 4.89 Å². The summed E-state index contributed by atoms with van der Waals surface area (Å²) in [5.41, 5.74) is 0.912. The number of aliphatic hydroxyl groups is 1. The lowest BCUT2D eigenvalue weighted by Gasteiger charge is -2.35. The van der Waals surface area contributed by atoms with Gasteiger partial charge in [0.1, 0.15) is 5.82 Å². The van der Waals surface area contributed by atoms with Gasteiger partial charge in [0.05, 0.1) is 11.4 Å². The molecule has 0 amide bonds. The number of halogens is 1. The zero-order valence-corrected chi connectivity index (χ0v) is 20.9. The van der Waals surface area contributed by atoms with E-state index in [-0.39, 0.29) is 11.5 Å². The number of carboxylic acids is 1. The molecule has 0 saturated heterocycles. The van der Waals surface area contributed by atoms with Crippen LogP contribution in [0.25, 0.3) is 22.4 Å². The summed E-state index contributed by atoms with van der Waals surface area (Å²) in [6.45, 7) is 10.1. The lowest BCUT2D eigenvalue weighted by molar-refractivity contribution is -0.145. The number of aliphatic carboxylic acids is 1. The molecular weight excluding hydrogens is 468 g/mol. The van der Waals surface area contributed by atoms with Crippen LogP contribution in [-0.2, 0) is 15.0 Å². The van der Waals surface area contributed by atoms with Gasteiger partial charge in [-0.25, -0.2) is 9.18 Å². The van der Waals surface area contributed by atoms with Gasteiger partial charge in [-0.15, -0.1) is 0 Å². The predicted octanol–water partition coefficient (Wildman–Crippen LogP) is 5.94. The third-order valence-corrected chi connectivity index (χ3v) is 7.76. The van der Waals surface area contributed by atoms with Crippen molar-refractivity contribution in [2.45, 2.75) is 44.4 Å². The first-order valence-corrected chi connectivity index (χ1v) is 12.2. The molecule has 0 radical (unpaired) electrons. The molecule has 3 unspecified atom stereocenters. The summed E-state index contributed by atoms with van der Waals surface area (Å²) in [6.07, 6.45) is 0.799. The second kappa shape index (κ2) is 9.78. The fourth-order valence-electron chi connectivity index (χ4n) is 4.49. The van der Waals surface area contributed by atoms with Crippen molar-refractivity contribution in [1.82, 2.24) is 4.98 Å². The highest BCUT2D eigenvalue weighted by Gasteiger charge is 2.69. The van der Waals surface area contributed by atoms with Crippen molar-refractivity contribution in [2.24, 2.45) is 0 Å². The Balaban J connectivity index is 2.58. The smallest absolute Gasteiger partial charge is 0.477 e. The molecule has 1 heterocycles. The number of rotatable bonds is 8. The number of benzene rings is 2. The second-order valence-corrected chi connectivity index (χ2v) is 10.1. The van der Waals surface area contributed by atoms with Crippen molar-refractivity contribution >= 4 is 14.0 Å². The number of aromatic nitrogens is 1. The number of nitrogens with zero attached hydrogens (tertiary/aromatic N) is 1. The molecule has 0 aliphatic carbocycles. The van der Waals surface area contributed by atoms with Crippen LogP contribution in [0.5, 0.6) is 0 Å². The zero-order chi connectivity index (χ0) is 26.1. The van der Waals surface area contributed by atoms with Crippen molar-refractivity contribution < 1.29 is 28.9 Å². The average Bonchev–Trinajstić information content (AvgIpc) is 2.80. The average molecular weight is 496 g/mol. The van der Waals surface area contributed by atoms with Crippen LogP contribution in [0.4, 0.5) is 4.39 Å². The van der Waals surface area contributed by atoms with Crippen LogP contribution in [-0.4, -0.2) is 31.2 Å². The molecule has 0 spiro atoms. The van der Waals surface area contributed by atoms with Crippen molar-refractivity contribution in [3.8, 4) is 22.4 Å². The standard InChI is InChI=1S/C27H27FNO5P/c1-6-27(25(30)31,35(33)34)26(5,32)22-21(18-12-14-20(28)15-13-18)17(4)24(29-23(22)16(2)3)19-10-8-7-9-11-19/h6-16,32H,1H2,2-5H3,(H-,30,31,33,34)/p+1. The van der Waals surface area contributed by atoms with Crippen LogP contribution < -0.4 is 0 Å². The first-order valence-electron chi connectivity index (χ1n) is 11.0. The summed E-state index contributed by atoms with van der Waals surface area (Å²) in [6, 6.07) is 14.9. The Hall–Kier alpha value is -3.25. The van der Waals surface area contributed by atoms with Crippen molar-refractivity contribution in [1.29, 1.82) is 0 Å². The minimum atomic E-state index is -3.48. The van der Waals surface area contributed by atoms with E-state index < -0.39 is 30.6 Å². The van der Waals surface area contributed by atoms with Gasteiger partial charge in [-0.1, -0.05) is 62.9 Å². The molecule has 3 rings (SSSR count). The molecule has 1 aromatic heterocycles.